The van der Waals surface area contributed by atoms with Gasteiger partial charge < -0.3 is 13.8 Å². The Morgan fingerprint density at radius 3 is 1.90 bits per heavy atom. The van der Waals surface area contributed by atoms with Crippen molar-refractivity contribution in [3.05, 3.63) is 88.7 Å². The van der Waals surface area contributed by atoms with Gasteiger partial charge in [-0.3, -0.25) is 4.79 Å². The van der Waals surface area contributed by atoms with Crippen LogP contribution in [-0.2, 0) is 29.0 Å². The summed E-state index contributed by atoms with van der Waals surface area (Å²) in [6.45, 7) is 2.98. The first-order valence-electron chi connectivity index (χ1n) is 11.9. The number of nitrogens with zero attached hydrogens (tertiary/aromatic N) is 1. The second kappa shape index (κ2) is 12.0. The lowest BCUT2D eigenvalue weighted by Crippen LogP contribution is -2.34. The molecule has 3 aromatic rings. The van der Waals surface area contributed by atoms with E-state index in [-0.39, 0.29) is 47.0 Å². The molecule has 0 saturated carbocycles. The standard InChI is InChI=1S/C27H24F7NO5S/c1-16(2)14-35(25(36)18-11-19(26(29,30)31)13-20(12-18)27(32,33)34)15-17-4-9-23(39-3)24(10-17)40-41(37,38)22-7-5-21(28)6-8-22/h4-13,16H,14-15H2,1-3H3. The quantitative estimate of drug-likeness (QED) is 0.195. The molecule has 3 aromatic carbocycles. The van der Waals surface area contributed by atoms with Crippen molar-refractivity contribution in [1.29, 1.82) is 0 Å². The average molecular weight is 608 g/mol. The molecule has 3 rings (SSSR count). The zero-order chi connectivity index (χ0) is 30.8. The molecule has 0 spiro atoms. The van der Waals surface area contributed by atoms with Crippen LogP contribution in [0.15, 0.2) is 65.6 Å². The molecule has 0 saturated heterocycles. The highest BCUT2D eigenvalue weighted by atomic mass is 32.2. The molecule has 0 atom stereocenters. The van der Waals surface area contributed by atoms with E-state index in [1.165, 1.54) is 25.3 Å². The lowest BCUT2D eigenvalue weighted by atomic mass is 10.0. The highest BCUT2D eigenvalue weighted by Crippen LogP contribution is 2.37. The second-order valence-electron chi connectivity index (χ2n) is 9.35. The van der Waals surface area contributed by atoms with Crippen LogP contribution >= 0.6 is 0 Å². The van der Waals surface area contributed by atoms with Crippen LogP contribution < -0.4 is 8.92 Å². The number of hydrogen-bond acceptors (Lipinski definition) is 5. The summed E-state index contributed by atoms with van der Waals surface area (Å²) in [7, 11) is -3.24. The van der Waals surface area contributed by atoms with Gasteiger partial charge in [0.2, 0.25) is 0 Å². The van der Waals surface area contributed by atoms with Gasteiger partial charge in [0.25, 0.3) is 5.91 Å². The minimum atomic E-state index is -5.14. The normalized spacial score (nSPS) is 12.4. The minimum Gasteiger partial charge on any atom is -0.493 e. The van der Waals surface area contributed by atoms with Crippen LogP contribution in [0.4, 0.5) is 30.7 Å². The molecule has 1 amide bonds. The number of carbonyl (C=O) groups excluding carboxylic acids is 1. The van der Waals surface area contributed by atoms with Gasteiger partial charge in [0, 0.05) is 18.7 Å². The summed E-state index contributed by atoms with van der Waals surface area (Å²) >= 11 is 0. The van der Waals surface area contributed by atoms with Crippen LogP contribution in [0.25, 0.3) is 0 Å². The summed E-state index contributed by atoms with van der Waals surface area (Å²) < 4.78 is 129. The third-order valence-electron chi connectivity index (χ3n) is 5.61. The predicted octanol–water partition coefficient (Wildman–Crippen LogP) is 6.94. The summed E-state index contributed by atoms with van der Waals surface area (Å²) in [5.41, 5.74) is -3.86. The fourth-order valence-corrected chi connectivity index (χ4v) is 4.73. The number of hydrogen-bond donors (Lipinski definition) is 0. The van der Waals surface area contributed by atoms with Gasteiger partial charge in [-0.1, -0.05) is 19.9 Å². The Hall–Kier alpha value is -3.81. The van der Waals surface area contributed by atoms with Crippen molar-refractivity contribution >= 4 is 16.0 Å². The molecular weight excluding hydrogens is 583 g/mol. The van der Waals surface area contributed by atoms with E-state index < -0.39 is 50.9 Å². The fourth-order valence-electron chi connectivity index (χ4n) is 3.79. The van der Waals surface area contributed by atoms with E-state index in [0.717, 1.165) is 29.2 Å². The van der Waals surface area contributed by atoms with Crippen molar-refractivity contribution in [3.63, 3.8) is 0 Å². The highest BCUT2D eigenvalue weighted by molar-refractivity contribution is 7.87. The Morgan fingerprint density at radius 2 is 1.41 bits per heavy atom. The number of methoxy groups -OCH3 is 1. The molecule has 0 aromatic heterocycles. The molecule has 0 N–H and O–H groups in total. The molecule has 0 aliphatic heterocycles. The largest absolute Gasteiger partial charge is 0.493 e. The van der Waals surface area contributed by atoms with Crippen LogP contribution in [-0.4, -0.2) is 32.9 Å². The third-order valence-corrected chi connectivity index (χ3v) is 6.86. The maximum Gasteiger partial charge on any atom is 0.416 e. The van der Waals surface area contributed by atoms with Gasteiger partial charge in [0.05, 0.1) is 18.2 Å². The molecule has 0 bridgehead atoms. The van der Waals surface area contributed by atoms with Crippen LogP contribution in [0.3, 0.4) is 0 Å². The van der Waals surface area contributed by atoms with Crippen molar-refractivity contribution in [2.24, 2.45) is 5.92 Å². The Balaban J connectivity index is 2.00. The van der Waals surface area contributed by atoms with E-state index in [9.17, 15) is 43.9 Å². The first-order valence-corrected chi connectivity index (χ1v) is 13.3. The van der Waals surface area contributed by atoms with Crippen LogP contribution in [0.2, 0.25) is 0 Å². The van der Waals surface area contributed by atoms with Crippen LogP contribution in [0.5, 0.6) is 11.5 Å². The zero-order valence-electron chi connectivity index (χ0n) is 21.8. The summed E-state index contributed by atoms with van der Waals surface area (Å²) in [6.07, 6.45) is -10.3. The molecular formula is C27H24F7NO5S. The number of rotatable bonds is 9. The number of amides is 1. The molecule has 0 heterocycles. The average Bonchev–Trinajstić information content (AvgIpc) is 2.86. The Kier molecular flexibility index (Phi) is 9.26. The SMILES string of the molecule is COc1ccc(CN(CC(C)C)C(=O)c2cc(C(F)(F)F)cc(C(F)(F)F)c2)cc1OS(=O)(=O)c1ccc(F)cc1. The molecule has 41 heavy (non-hydrogen) atoms. The number of benzene rings is 3. The van der Waals surface area contributed by atoms with Crippen LogP contribution in [0, 0.1) is 11.7 Å². The molecule has 0 aliphatic rings. The van der Waals surface area contributed by atoms with Crippen molar-refractivity contribution in [3.8, 4) is 11.5 Å². The summed E-state index contributed by atoms with van der Waals surface area (Å²) in [6, 6.07) is 8.35. The van der Waals surface area contributed by atoms with Crippen molar-refractivity contribution in [2.45, 2.75) is 37.6 Å². The third kappa shape index (κ3) is 8.12. The highest BCUT2D eigenvalue weighted by Gasteiger charge is 2.38. The van der Waals surface area contributed by atoms with E-state index in [1.807, 2.05) is 0 Å². The summed E-state index contributed by atoms with van der Waals surface area (Å²) in [5, 5.41) is 0. The van der Waals surface area contributed by atoms with Gasteiger partial charge in [0.15, 0.2) is 11.5 Å². The Morgan fingerprint density at radius 1 is 0.854 bits per heavy atom. The van der Waals surface area contributed by atoms with E-state index in [0.29, 0.717) is 12.1 Å². The lowest BCUT2D eigenvalue weighted by Gasteiger charge is -2.26. The molecule has 0 aliphatic carbocycles. The van der Waals surface area contributed by atoms with Gasteiger partial charge >= 0.3 is 22.5 Å². The van der Waals surface area contributed by atoms with E-state index in [1.54, 1.807) is 13.8 Å². The van der Waals surface area contributed by atoms with Gasteiger partial charge in [-0.2, -0.15) is 34.8 Å². The van der Waals surface area contributed by atoms with Crippen LogP contribution in [0.1, 0.15) is 40.9 Å². The summed E-state index contributed by atoms with van der Waals surface area (Å²) in [5.74, 6) is -2.38. The number of carbonyl (C=O) groups is 1. The number of halogens is 7. The Labute approximate surface area is 231 Å². The van der Waals surface area contributed by atoms with E-state index in [4.69, 9.17) is 8.92 Å². The molecule has 6 nitrogen and oxygen atoms in total. The first-order chi connectivity index (χ1) is 18.9. The van der Waals surface area contributed by atoms with Gasteiger partial charge in [0.1, 0.15) is 10.7 Å². The zero-order valence-corrected chi connectivity index (χ0v) is 22.6. The summed E-state index contributed by atoms with van der Waals surface area (Å²) in [4.78, 5) is 14.0. The monoisotopic (exact) mass is 607 g/mol. The van der Waals surface area contributed by atoms with E-state index >= 15 is 0 Å². The van der Waals surface area contributed by atoms with Crippen molar-refractivity contribution in [2.75, 3.05) is 13.7 Å². The maximum absolute atomic E-state index is 13.4. The predicted molar refractivity (Wildman–Crippen MR) is 133 cm³/mol. The minimum absolute atomic E-state index is 0.0335. The number of alkyl halides is 6. The molecule has 0 radical (unpaired) electrons. The van der Waals surface area contributed by atoms with Crippen molar-refractivity contribution < 1.29 is 52.9 Å². The second-order valence-corrected chi connectivity index (χ2v) is 10.9. The smallest absolute Gasteiger partial charge is 0.416 e. The molecule has 222 valence electrons. The molecule has 0 fully saturated rings. The van der Waals surface area contributed by atoms with Crippen molar-refractivity contribution in [1.82, 2.24) is 4.90 Å². The fraction of sp³-hybridized carbons (Fsp3) is 0.296. The lowest BCUT2D eigenvalue weighted by molar-refractivity contribution is -0.143. The van der Waals surface area contributed by atoms with Gasteiger partial charge in [-0.15, -0.1) is 0 Å². The van der Waals surface area contributed by atoms with E-state index in [2.05, 4.69) is 0 Å². The first kappa shape index (κ1) is 31.7. The van der Waals surface area contributed by atoms with Gasteiger partial charge in [-0.05, 0) is 66.1 Å². The Bertz CT molecular complexity index is 1470. The maximum atomic E-state index is 13.4. The topological polar surface area (TPSA) is 72.9 Å². The molecule has 0 unspecified atom stereocenters. The van der Waals surface area contributed by atoms with Gasteiger partial charge in [-0.25, -0.2) is 4.39 Å². The number of ether oxygens (including phenoxy) is 1. The molecule has 14 heteroatoms.